The largest absolute Gasteiger partial charge is 0.462 e. The van der Waals surface area contributed by atoms with Gasteiger partial charge in [-0.25, -0.2) is 9.59 Å². The number of rotatable bonds is 9. The van der Waals surface area contributed by atoms with Gasteiger partial charge in [0.1, 0.15) is 6.61 Å². The maximum atomic E-state index is 10.7. The fraction of sp³-hybridized carbons (Fsp3) is 0.625. The van der Waals surface area contributed by atoms with Gasteiger partial charge in [-0.3, -0.25) is 0 Å². The number of ether oxygens (including phenoxy) is 3. The Morgan fingerprint density at radius 3 is 1.71 bits per heavy atom. The summed E-state index contributed by atoms with van der Waals surface area (Å²) in [6.45, 7) is 16.0. The van der Waals surface area contributed by atoms with Crippen molar-refractivity contribution in [1.29, 1.82) is 0 Å². The van der Waals surface area contributed by atoms with Crippen LogP contribution in [0.1, 0.15) is 40.5 Å². The van der Waals surface area contributed by atoms with Gasteiger partial charge in [-0.15, -0.1) is 0 Å². The highest BCUT2D eigenvalue weighted by Gasteiger charge is 2.01. The summed E-state index contributed by atoms with van der Waals surface area (Å²) >= 11 is 0. The Bertz CT molecular complexity index is 334. The molecule has 122 valence electrons. The van der Waals surface area contributed by atoms with E-state index in [9.17, 15) is 9.59 Å². The number of esters is 2. The summed E-state index contributed by atoms with van der Waals surface area (Å²) in [7, 11) is 0. The topological polar surface area (TPSA) is 61.8 Å². The van der Waals surface area contributed by atoms with E-state index in [4.69, 9.17) is 14.2 Å². The first-order chi connectivity index (χ1) is 9.86. The number of unbranched alkanes of at least 4 members (excludes halogenated alkanes) is 1. The molecule has 0 N–H and O–H groups in total. The highest BCUT2D eigenvalue weighted by Crippen LogP contribution is 1.94. The van der Waals surface area contributed by atoms with Crippen LogP contribution in [0.15, 0.2) is 24.3 Å². The van der Waals surface area contributed by atoms with Crippen LogP contribution < -0.4 is 0 Å². The average molecular weight is 300 g/mol. The molecule has 0 radical (unpaired) electrons. The molecule has 0 unspecified atom stereocenters. The summed E-state index contributed by atoms with van der Waals surface area (Å²) in [5, 5.41) is 0. The van der Waals surface area contributed by atoms with E-state index in [1.807, 2.05) is 6.92 Å². The summed E-state index contributed by atoms with van der Waals surface area (Å²) < 4.78 is 14.5. The smallest absolute Gasteiger partial charge is 0.333 e. The third kappa shape index (κ3) is 16.3. The molecule has 0 atom stereocenters. The summed E-state index contributed by atoms with van der Waals surface area (Å²) in [6, 6.07) is 0. The van der Waals surface area contributed by atoms with E-state index in [0.29, 0.717) is 37.6 Å². The first-order valence-electron chi connectivity index (χ1n) is 7.09. The second kappa shape index (κ2) is 14.8. The van der Waals surface area contributed by atoms with Crippen molar-refractivity contribution in [3.8, 4) is 0 Å². The monoisotopic (exact) mass is 300 g/mol. The molecule has 0 heterocycles. The molecule has 0 aromatic heterocycles. The molecule has 0 rings (SSSR count). The molecule has 21 heavy (non-hydrogen) atoms. The van der Waals surface area contributed by atoms with Gasteiger partial charge < -0.3 is 14.2 Å². The lowest BCUT2D eigenvalue weighted by atomic mass is 10.3. The highest BCUT2D eigenvalue weighted by molar-refractivity contribution is 5.87. The van der Waals surface area contributed by atoms with Gasteiger partial charge in [0.25, 0.3) is 0 Å². The predicted octanol–water partition coefficient (Wildman–Crippen LogP) is 3.05. The maximum absolute atomic E-state index is 10.7. The molecule has 0 saturated carbocycles. The van der Waals surface area contributed by atoms with Crippen LogP contribution in [0.25, 0.3) is 0 Å². The first kappa shape index (κ1) is 21.7. The molecule has 0 aliphatic rings. The third-order valence-corrected chi connectivity index (χ3v) is 2.09. The van der Waals surface area contributed by atoms with Crippen LogP contribution in [0.2, 0.25) is 0 Å². The van der Waals surface area contributed by atoms with Crippen LogP contribution in [-0.2, 0) is 23.8 Å². The number of hydrogen-bond acceptors (Lipinski definition) is 5. The normalized spacial score (nSPS) is 9.14. The molecule has 0 aromatic rings. The lowest BCUT2D eigenvalue weighted by molar-refractivity contribution is -0.140. The van der Waals surface area contributed by atoms with E-state index in [-0.39, 0.29) is 11.9 Å². The molecular formula is C16H28O5. The SMILES string of the molecule is C=C(C)C(=O)OCCCC.C=C(C)C(=O)OCCOCC. The molecule has 0 spiro atoms. The molecule has 0 amide bonds. The van der Waals surface area contributed by atoms with Crippen molar-refractivity contribution in [2.24, 2.45) is 0 Å². The van der Waals surface area contributed by atoms with Gasteiger partial charge in [0, 0.05) is 17.8 Å². The van der Waals surface area contributed by atoms with Crippen molar-refractivity contribution in [2.75, 3.05) is 26.4 Å². The second-order valence-corrected chi connectivity index (χ2v) is 4.38. The Hall–Kier alpha value is -1.62. The molecule has 0 bridgehead atoms. The Morgan fingerprint density at radius 2 is 1.33 bits per heavy atom. The van der Waals surface area contributed by atoms with Crippen LogP contribution >= 0.6 is 0 Å². The van der Waals surface area contributed by atoms with Crippen molar-refractivity contribution in [2.45, 2.75) is 40.5 Å². The number of carbonyl (C=O) groups is 2. The fourth-order valence-electron chi connectivity index (χ4n) is 0.893. The summed E-state index contributed by atoms with van der Waals surface area (Å²) in [4.78, 5) is 21.4. The molecular weight excluding hydrogens is 272 g/mol. The van der Waals surface area contributed by atoms with E-state index in [1.54, 1.807) is 13.8 Å². The Balaban J connectivity index is 0. The molecule has 0 aromatic carbocycles. The molecule has 0 aliphatic carbocycles. The minimum Gasteiger partial charge on any atom is -0.462 e. The third-order valence-electron chi connectivity index (χ3n) is 2.09. The zero-order chi connectivity index (χ0) is 16.7. The van der Waals surface area contributed by atoms with Crippen molar-refractivity contribution in [3.63, 3.8) is 0 Å². The molecule has 0 aliphatic heterocycles. The van der Waals surface area contributed by atoms with E-state index >= 15 is 0 Å². The van der Waals surface area contributed by atoms with E-state index in [0.717, 1.165) is 12.8 Å². The van der Waals surface area contributed by atoms with Crippen molar-refractivity contribution < 1.29 is 23.8 Å². The zero-order valence-electron chi connectivity index (χ0n) is 13.7. The van der Waals surface area contributed by atoms with Crippen molar-refractivity contribution in [1.82, 2.24) is 0 Å². The Labute approximate surface area is 128 Å². The van der Waals surface area contributed by atoms with Gasteiger partial charge in [0.15, 0.2) is 0 Å². The van der Waals surface area contributed by atoms with Crippen molar-refractivity contribution in [3.05, 3.63) is 24.3 Å². The quantitative estimate of drug-likeness (QED) is 0.372. The molecule has 5 nitrogen and oxygen atoms in total. The summed E-state index contributed by atoms with van der Waals surface area (Å²) in [6.07, 6.45) is 1.97. The van der Waals surface area contributed by atoms with E-state index in [1.165, 1.54) is 0 Å². The van der Waals surface area contributed by atoms with Gasteiger partial charge in [0.05, 0.1) is 13.2 Å². The minimum absolute atomic E-state index is 0.284. The Kier molecular flexibility index (Phi) is 15.3. The minimum atomic E-state index is -0.357. The predicted molar refractivity (Wildman–Crippen MR) is 82.9 cm³/mol. The lowest BCUT2D eigenvalue weighted by Gasteiger charge is -2.03. The Morgan fingerprint density at radius 1 is 0.857 bits per heavy atom. The summed E-state index contributed by atoms with van der Waals surface area (Å²) in [5.74, 6) is -0.641. The van der Waals surface area contributed by atoms with Gasteiger partial charge in [-0.05, 0) is 27.2 Å². The van der Waals surface area contributed by atoms with Gasteiger partial charge >= 0.3 is 11.9 Å². The highest BCUT2D eigenvalue weighted by atomic mass is 16.6. The fourth-order valence-corrected chi connectivity index (χ4v) is 0.893. The first-order valence-corrected chi connectivity index (χ1v) is 7.09. The van der Waals surface area contributed by atoms with Gasteiger partial charge in [0.2, 0.25) is 0 Å². The van der Waals surface area contributed by atoms with Crippen LogP contribution in [0.5, 0.6) is 0 Å². The standard InChI is InChI=1S/C8H14O3.C8H14O2/c1-4-10-5-6-11-8(9)7(2)3;1-4-5-6-10-8(9)7(2)3/h2,4-6H2,1,3H3;2,4-6H2,1,3H3. The van der Waals surface area contributed by atoms with Crippen LogP contribution in [-0.4, -0.2) is 38.4 Å². The zero-order valence-corrected chi connectivity index (χ0v) is 13.7. The van der Waals surface area contributed by atoms with Crippen LogP contribution in [0.4, 0.5) is 0 Å². The second-order valence-electron chi connectivity index (χ2n) is 4.38. The summed E-state index contributed by atoms with van der Waals surface area (Å²) in [5.41, 5.74) is 0.887. The van der Waals surface area contributed by atoms with Crippen LogP contribution in [0.3, 0.4) is 0 Å². The van der Waals surface area contributed by atoms with E-state index in [2.05, 4.69) is 20.1 Å². The molecule has 0 fully saturated rings. The van der Waals surface area contributed by atoms with Gasteiger partial charge in [-0.1, -0.05) is 26.5 Å². The number of carbonyl (C=O) groups excluding carboxylic acids is 2. The van der Waals surface area contributed by atoms with Crippen molar-refractivity contribution >= 4 is 11.9 Å². The van der Waals surface area contributed by atoms with Crippen LogP contribution in [0, 0.1) is 0 Å². The average Bonchev–Trinajstić information content (AvgIpc) is 2.44. The lowest BCUT2D eigenvalue weighted by Crippen LogP contribution is -2.10. The maximum Gasteiger partial charge on any atom is 0.333 e. The van der Waals surface area contributed by atoms with Gasteiger partial charge in [-0.2, -0.15) is 0 Å². The molecule has 5 heteroatoms. The molecule has 0 saturated heterocycles. The van der Waals surface area contributed by atoms with E-state index < -0.39 is 0 Å². The number of hydrogen-bond donors (Lipinski definition) is 0.